The van der Waals surface area contributed by atoms with E-state index in [1.54, 1.807) is 6.07 Å². The van der Waals surface area contributed by atoms with Crippen molar-refractivity contribution in [3.8, 4) is 0 Å². The molecule has 0 heterocycles. The molecule has 4 heteroatoms. The van der Waals surface area contributed by atoms with Crippen LogP contribution in [0.2, 0.25) is 0 Å². The number of hydrogen-bond acceptors (Lipinski definition) is 1. The molecule has 0 aromatic heterocycles. The zero-order chi connectivity index (χ0) is 15.5. The van der Waals surface area contributed by atoms with Gasteiger partial charge in [0.1, 0.15) is 5.82 Å². The number of carbonyl (C=O) groups excluding carboxylic acids is 1. The summed E-state index contributed by atoms with van der Waals surface area (Å²) in [7, 11) is 0. The van der Waals surface area contributed by atoms with Crippen LogP contribution < -0.4 is 5.32 Å². The van der Waals surface area contributed by atoms with E-state index in [1.807, 2.05) is 0 Å². The van der Waals surface area contributed by atoms with Crippen LogP contribution in [0.3, 0.4) is 0 Å². The van der Waals surface area contributed by atoms with Crippen molar-refractivity contribution in [1.29, 1.82) is 0 Å². The molecular weight excluding hydrogens is 333 g/mol. The Labute approximate surface area is 135 Å². The number of benzene rings is 1. The van der Waals surface area contributed by atoms with E-state index in [4.69, 9.17) is 0 Å². The van der Waals surface area contributed by atoms with Crippen LogP contribution in [0.4, 0.5) is 4.39 Å². The van der Waals surface area contributed by atoms with E-state index in [0.29, 0.717) is 11.0 Å². The van der Waals surface area contributed by atoms with E-state index in [-0.39, 0.29) is 11.5 Å². The number of rotatable bonds is 10. The van der Waals surface area contributed by atoms with Crippen LogP contribution in [-0.4, -0.2) is 12.5 Å². The normalized spacial score (nSPS) is 10.6. The average Bonchev–Trinajstić information content (AvgIpc) is 2.45. The van der Waals surface area contributed by atoms with Crippen molar-refractivity contribution < 1.29 is 9.18 Å². The van der Waals surface area contributed by atoms with Crippen molar-refractivity contribution in [3.05, 3.63) is 34.1 Å². The molecule has 1 aromatic carbocycles. The highest BCUT2D eigenvalue weighted by atomic mass is 79.9. The van der Waals surface area contributed by atoms with Gasteiger partial charge in [0.05, 0.1) is 5.56 Å². The van der Waals surface area contributed by atoms with E-state index in [1.165, 1.54) is 50.7 Å². The van der Waals surface area contributed by atoms with Crippen molar-refractivity contribution >= 4 is 21.8 Å². The Hall–Kier alpha value is -0.900. The molecule has 118 valence electrons. The van der Waals surface area contributed by atoms with Gasteiger partial charge in [-0.05, 0) is 24.6 Å². The molecule has 0 aliphatic rings. The molecule has 0 aliphatic carbocycles. The van der Waals surface area contributed by atoms with Gasteiger partial charge >= 0.3 is 0 Å². The molecule has 0 unspecified atom stereocenters. The number of nitrogens with one attached hydrogen (secondary N) is 1. The summed E-state index contributed by atoms with van der Waals surface area (Å²) in [5, 5.41) is 2.78. The zero-order valence-corrected chi connectivity index (χ0v) is 14.3. The highest BCUT2D eigenvalue weighted by Gasteiger charge is 2.10. The standard InChI is InChI=1S/C17H25BrFNO/c1-2-3-4-5-6-7-8-9-12-20-17(21)15-11-10-14(18)13-16(15)19/h10-11,13H,2-9,12H2,1H3,(H,20,21). The first-order valence-corrected chi connectivity index (χ1v) is 8.67. The van der Waals surface area contributed by atoms with E-state index in [2.05, 4.69) is 28.2 Å². The predicted molar refractivity (Wildman–Crippen MR) is 89.0 cm³/mol. The second kappa shape index (κ2) is 10.8. The minimum absolute atomic E-state index is 0.109. The van der Waals surface area contributed by atoms with Crippen molar-refractivity contribution in [3.63, 3.8) is 0 Å². The van der Waals surface area contributed by atoms with Crippen LogP contribution in [0.25, 0.3) is 0 Å². The Morgan fingerprint density at radius 1 is 1.10 bits per heavy atom. The lowest BCUT2D eigenvalue weighted by atomic mass is 10.1. The van der Waals surface area contributed by atoms with Gasteiger partial charge in [-0.2, -0.15) is 0 Å². The lowest BCUT2D eigenvalue weighted by molar-refractivity contribution is 0.0949. The molecule has 0 aliphatic heterocycles. The Balaban J connectivity index is 2.11. The number of hydrogen-bond donors (Lipinski definition) is 1. The van der Waals surface area contributed by atoms with Crippen LogP contribution in [0.15, 0.2) is 22.7 Å². The van der Waals surface area contributed by atoms with Crippen molar-refractivity contribution in [1.82, 2.24) is 5.32 Å². The lowest BCUT2D eigenvalue weighted by Gasteiger charge is -2.06. The summed E-state index contributed by atoms with van der Waals surface area (Å²) in [6.07, 6.45) is 9.81. The number of carbonyl (C=O) groups is 1. The molecule has 2 nitrogen and oxygen atoms in total. The Kier molecular flexibility index (Phi) is 9.31. The summed E-state index contributed by atoms with van der Waals surface area (Å²) in [6, 6.07) is 4.49. The first-order valence-electron chi connectivity index (χ1n) is 7.88. The summed E-state index contributed by atoms with van der Waals surface area (Å²) in [6.45, 7) is 2.83. The molecule has 1 rings (SSSR count). The van der Waals surface area contributed by atoms with Crippen molar-refractivity contribution in [2.45, 2.75) is 58.3 Å². The van der Waals surface area contributed by atoms with E-state index in [0.717, 1.165) is 12.8 Å². The maximum Gasteiger partial charge on any atom is 0.254 e. The molecule has 0 spiro atoms. The second-order valence-corrected chi connectivity index (χ2v) is 6.27. The molecule has 0 saturated heterocycles. The van der Waals surface area contributed by atoms with Gasteiger partial charge in [-0.15, -0.1) is 0 Å². The summed E-state index contributed by atoms with van der Waals surface area (Å²) in [4.78, 5) is 11.8. The van der Waals surface area contributed by atoms with Crippen molar-refractivity contribution in [2.24, 2.45) is 0 Å². The molecular formula is C17H25BrFNO. The third kappa shape index (κ3) is 7.60. The van der Waals surface area contributed by atoms with Crippen LogP contribution >= 0.6 is 15.9 Å². The largest absolute Gasteiger partial charge is 0.352 e. The summed E-state index contributed by atoms with van der Waals surface area (Å²) < 4.78 is 14.2. The van der Waals surface area contributed by atoms with Crippen molar-refractivity contribution in [2.75, 3.05) is 6.54 Å². The van der Waals surface area contributed by atoms with Crippen LogP contribution in [0.1, 0.15) is 68.6 Å². The van der Waals surface area contributed by atoms with Gasteiger partial charge in [-0.25, -0.2) is 4.39 Å². The first-order chi connectivity index (χ1) is 10.1. The fourth-order valence-corrected chi connectivity index (χ4v) is 2.56. The van der Waals surface area contributed by atoms with Gasteiger partial charge in [0.15, 0.2) is 0 Å². The van der Waals surface area contributed by atoms with Crippen LogP contribution in [0.5, 0.6) is 0 Å². The Bertz CT molecular complexity index is 437. The maximum atomic E-state index is 13.6. The van der Waals surface area contributed by atoms with Gasteiger partial charge in [-0.3, -0.25) is 4.79 Å². The molecule has 1 amide bonds. The summed E-state index contributed by atoms with van der Waals surface area (Å²) >= 11 is 3.18. The fourth-order valence-electron chi connectivity index (χ4n) is 2.23. The van der Waals surface area contributed by atoms with Gasteiger partial charge in [0.25, 0.3) is 5.91 Å². The van der Waals surface area contributed by atoms with Gasteiger partial charge in [-0.1, -0.05) is 67.8 Å². The summed E-state index contributed by atoms with van der Waals surface area (Å²) in [5.74, 6) is -0.819. The smallest absolute Gasteiger partial charge is 0.254 e. The molecule has 21 heavy (non-hydrogen) atoms. The minimum Gasteiger partial charge on any atom is -0.352 e. The van der Waals surface area contributed by atoms with E-state index < -0.39 is 5.82 Å². The Morgan fingerprint density at radius 2 is 1.71 bits per heavy atom. The highest BCUT2D eigenvalue weighted by Crippen LogP contribution is 2.15. The van der Waals surface area contributed by atoms with Crippen LogP contribution in [0, 0.1) is 5.82 Å². The topological polar surface area (TPSA) is 29.1 Å². The molecule has 0 fully saturated rings. The fraction of sp³-hybridized carbons (Fsp3) is 0.588. The predicted octanol–water partition coefficient (Wildman–Crippen LogP) is 5.46. The van der Waals surface area contributed by atoms with E-state index in [9.17, 15) is 9.18 Å². The molecule has 0 atom stereocenters. The number of amides is 1. The van der Waals surface area contributed by atoms with Gasteiger partial charge in [0.2, 0.25) is 0 Å². The lowest BCUT2D eigenvalue weighted by Crippen LogP contribution is -2.25. The maximum absolute atomic E-state index is 13.6. The first kappa shape index (κ1) is 18.1. The molecule has 1 N–H and O–H groups in total. The molecule has 0 saturated carbocycles. The minimum atomic E-state index is -0.488. The van der Waals surface area contributed by atoms with E-state index >= 15 is 0 Å². The summed E-state index contributed by atoms with van der Waals surface area (Å²) in [5.41, 5.74) is 0.109. The average molecular weight is 358 g/mol. The third-order valence-corrected chi connectivity index (χ3v) is 3.98. The third-order valence-electron chi connectivity index (χ3n) is 3.49. The highest BCUT2D eigenvalue weighted by molar-refractivity contribution is 9.10. The number of halogens is 2. The molecule has 1 aromatic rings. The monoisotopic (exact) mass is 357 g/mol. The molecule has 0 bridgehead atoms. The quantitative estimate of drug-likeness (QED) is 0.553. The van der Waals surface area contributed by atoms with Crippen LogP contribution in [-0.2, 0) is 0 Å². The number of unbranched alkanes of at least 4 members (excludes halogenated alkanes) is 7. The SMILES string of the molecule is CCCCCCCCCCNC(=O)c1ccc(Br)cc1F. The molecule has 0 radical (unpaired) electrons. The Morgan fingerprint density at radius 3 is 2.33 bits per heavy atom. The zero-order valence-electron chi connectivity index (χ0n) is 12.8. The van der Waals surface area contributed by atoms with Gasteiger partial charge in [0, 0.05) is 11.0 Å². The second-order valence-electron chi connectivity index (χ2n) is 5.35. The van der Waals surface area contributed by atoms with Gasteiger partial charge < -0.3 is 5.32 Å².